The van der Waals surface area contributed by atoms with Crippen molar-refractivity contribution in [3.63, 3.8) is 0 Å². The summed E-state index contributed by atoms with van der Waals surface area (Å²) in [7, 11) is 0. The number of nitrogens with one attached hydrogen (secondary N) is 1. The first kappa shape index (κ1) is 12.0. The molecule has 1 aromatic heterocycles. The lowest BCUT2D eigenvalue weighted by atomic mass is 10.2. The molecule has 0 bridgehead atoms. The fraction of sp³-hybridized carbons (Fsp3) is 0.333. The molecule has 2 N–H and O–H groups in total. The van der Waals surface area contributed by atoms with Crippen molar-refractivity contribution < 1.29 is 9.90 Å². The Morgan fingerprint density at radius 2 is 2.22 bits per heavy atom. The topological polar surface area (TPSA) is 62.2 Å². The Balaban J connectivity index is 1.87. The van der Waals surface area contributed by atoms with Crippen LogP contribution in [0.15, 0.2) is 24.3 Å². The average molecular weight is 280 g/mol. The molecule has 1 aliphatic heterocycles. The van der Waals surface area contributed by atoms with E-state index in [0.717, 1.165) is 21.0 Å². The number of hydrogen-bond donors (Lipinski definition) is 2. The number of thiazole rings is 1. The Hall–Kier alpha value is -1.11. The Bertz CT molecular complexity index is 551. The van der Waals surface area contributed by atoms with E-state index in [-0.39, 0.29) is 6.04 Å². The Morgan fingerprint density at radius 1 is 1.39 bits per heavy atom. The van der Waals surface area contributed by atoms with Crippen molar-refractivity contribution in [1.82, 2.24) is 10.3 Å². The number of carboxylic acid groups (broad SMARTS) is 1. The normalized spacial score (nSPS) is 24.2. The molecule has 2 heterocycles. The summed E-state index contributed by atoms with van der Waals surface area (Å²) in [6.07, 6.45) is 0. The molecule has 4 nitrogen and oxygen atoms in total. The van der Waals surface area contributed by atoms with Crippen LogP contribution < -0.4 is 5.32 Å². The van der Waals surface area contributed by atoms with Crippen molar-refractivity contribution in [2.45, 2.75) is 12.1 Å². The number of aliphatic carboxylic acids is 1. The number of nitrogens with zero attached hydrogens (tertiary/aromatic N) is 1. The van der Waals surface area contributed by atoms with Gasteiger partial charge in [-0.2, -0.15) is 11.8 Å². The third kappa shape index (κ3) is 2.23. The van der Waals surface area contributed by atoms with Crippen molar-refractivity contribution in [2.75, 3.05) is 11.5 Å². The highest BCUT2D eigenvalue weighted by molar-refractivity contribution is 7.99. The van der Waals surface area contributed by atoms with Gasteiger partial charge in [0.25, 0.3) is 0 Å². The molecule has 1 fully saturated rings. The zero-order valence-electron chi connectivity index (χ0n) is 9.50. The summed E-state index contributed by atoms with van der Waals surface area (Å²) in [6.45, 7) is 0. The largest absolute Gasteiger partial charge is 0.480 e. The Kier molecular flexibility index (Phi) is 3.23. The number of carboxylic acids is 1. The lowest BCUT2D eigenvalue weighted by molar-refractivity contribution is -0.139. The van der Waals surface area contributed by atoms with Gasteiger partial charge in [0.05, 0.1) is 16.3 Å². The minimum absolute atomic E-state index is 0.0437. The predicted octanol–water partition coefficient (Wildman–Crippen LogP) is 2.13. The summed E-state index contributed by atoms with van der Waals surface area (Å²) >= 11 is 3.31. The SMILES string of the molecule is O=C(O)C1CSCC(c2nc3ccccc3s2)N1. The van der Waals surface area contributed by atoms with Crippen molar-refractivity contribution in [2.24, 2.45) is 0 Å². The van der Waals surface area contributed by atoms with Gasteiger partial charge in [-0.05, 0) is 12.1 Å². The van der Waals surface area contributed by atoms with E-state index in [1.165, 1.54) is 0 Å². The summed E-state index contributed by atoms with van der Waals surface area (Å²) in [5.41, 5.74) is 0.988. The second-order valence-electron chi connectivity index (χ2n) is 4.17. The van der Waals surface area contributed by atoms with E-state index in [1.54, 1.807) is 23.1 Å². The second kappa shape index (κ2) is 4.87. The molecule has 0 aliphatic carbocycles. The van der Waals surface area contributed by atoms with E-state index in [9.17, 15) is 4.79 Å². The van der Waals surface area contributed by atoms with Gasteiger partial charge in [-0.25, -0.2) is 4.98 Å². The maximum absolute atomic E-state index is 11.0. The van der Waals surface area contributed by atoms with E-state index in [4.69, 9.17) is 5.11 Å². The van der Waals surface area contributed by atoms with Gasteiger partial charge in [0.15, 0.2) is 0 Å². The number of para-hydroxylation sites is 1. The lowest BCUT2D eigenvalue weighted by Gasteiger charge is -2.26. The minimum atomic E-state index is -0.784. The zero-order valence-corrected chi connectivity index (χ0v) is 11.1. The molecule has 94 valence electrons. The number of hydrogen-bond acceptors (Lipinski definition) is 5. The fourth-order valence-corrected chi connectivity index (χ4v) is 4.20. The van der Waals surface area contributed by atoms with Gasteiger partial charge in [0.1, 0.15) is 11.0 Å². The predicted molar refractivity (Wildman–Crippen MR) is 74.2 cm³/mol. The van der Waals surface area contributed by atoms with Gasteiger partial charge in [0, 0.05) is 11.5 Å². The van der Waals surface area contributed by atoms with Gasteiger partial charge in [0.2, 0.25) is 0 Å². The first-order chi connectivity index (χ1) is 8.74. The quantitative estimate of drug-likeness (QED) is 0.882. The standard InChI is InChI=1S/C12H12N2O2S2/c15-12(16)9-6-17-5-8(13-9)11-14-7-3-1-2-4-10(7)18-11/h1-4,8-9,13H,5-6H2,(H,15,16). The molecule has 0 amide bonds. The Morgan fingerprint density at radius 3 is 3.00 bits per heavy atom. The second-order valence-corrected chi connectivity index (χ2v) is 6.30. The van der Waals surface area contributed by atoms with E-state index < -0.39 is 12.0 Å². The maximum atomic E-state index is 11.0. The summed E-state index contributed by atoms with van der Waals surface area (Å²) in [4.78, 5) is 15.6. The first-order valence-corrected chi connectivity index (χ1v) is 7.63. The van der Waals surface area contributed by atoms with Gasteiger partial charge < -0.3 is 5.11 Å². The van der Waals surface area contributed by atoms with Crippen molar-refractivity contribution >= 4 is 39.3 Å². The number of aromatic nitrogens is 1. The van der Waals surface area contributed by atoms with Crippen LogP contribution in [0.3, 0.4) is 0 Å². The first-order valence-electron chi connectivity index (χ1n) is 5.66. The number of thioether (sulfide) groups is 1. The minimum Gasteiger partial charge on any atom is -0.480 e. The molecular weight excluding hydrogens is 268 g/mol. The Labute approximate surface area is 112 Å². The van der Waals surface area contributed by atoms with Crippen LogP contribution in [0.4, 0.5) is 0 Å². The van der Waals surface area contributed by atoms with Crippen LogP contribution in [-0.2, 0) is 4.79 Å². The van der Waals surface area contributed by atoms with Gasteiger partial charge >= 0.3 is 5.97 Å². The maximum Gasteiger partial charge on any atom is 0.321 e. The monoisotopic (exact) mass is 280 g/mol. The van der Waals surface area contributed by atoms with E-state index in [0.29, 0.717) is 5.75 Å². The van der Waals surface area contributed by atoms with Crippen LogP contribution >= 0.6 is 23.1 Å². The molecule has 1 saturated heterocycles. The zero-order chi connectivity index (χ0) is 12.5. The summed E-state index contributed by atoms with van der Waals surface area (Å²) in [6, 6.07) is 7.56. The molecule has 0 saturated carbocycles. The van der Waals surface area contributed by atoms with Crippen LogP contribution in [-0.4, -0.2) is 33.6 Å². The number of rotatable bonds is 2. The molecular formula is C12H12N2O2S2. The van der Waals surface area contributed by atoms with E-state index in [2.05, 4.69) is 10.3 Å². The number of fused-ring (bicyclic) bond motifs is 1. The molecule has 0 radical (unpaired) electrons. The summed E-state index contributed by atoms with van der Waals surface area (Å²) in [5.74, 6) is 0.716. The molecule has 1 aliphatic rings. The molecule has 2 aromatic rings. The number of carbonyl (C=O) groups is 1. The highest BCUT2D eigenvalue weighted by atomic mass is 32.2. The molecule has 6 heteroatoms. The van der Waals surface area contributed by atoms with Gasteiger partial charge in [-0.3, -0.25) is 10.1 Å². The molecule has 1 aromatic carbocycles. The molecule has 18 heavy (non-hydrogen) atoms. The molecule has 3 rings (SSSR count). The molecule has 2 unspecified atom stereocenters. The highest BCUT2D eigenvalue weighted by Gasteiger charge is 2.29. The van der Waals surface area contributed by atoms with E-state index in [1.807, 2.05) is 24.3 Å². The average Bonchev–Trinajstić information content (AvgIpc) is 2.82. The fourth-order valence-electron chi connectivity index (χ4n) is 1.97. The lowest BCUT2D eigenvalue weighted by Crippen LogP contribution is -2.45. The van der Waals surface area contributed by atoms with Crippen LogP contribution in [0.25, 0.3) is 10.2 Å². The van der Waals surface area contributed by atoms with Gasteiger partial charge in [-0.1, -0.05) is 12.1 Å². The third-order valence-electron chi connectivity index (χ3n) is 2.88. The third-order valence-corrected chi connectivity index (χ3v) is 5.17. The van der Waals surface area contributed by atoms with Crippen LogP contribution in [0, 0.1) is 0 Å². The van der Waals surface area contributed by atoms with E-state index >= 15 is 0 Å². The molecule has 2 atom stereocenters. The van der Waals surface area contributed by atoms with Crippen molar-refractivity contribution in [3.05, 3.63) is 29.3 Å². The number of benzene rings is 1. The van der Waals surface area contributed by atoms with Crippen LogP contribution in [0.2, 0.25) is 0 Å². The van der Waals surface area contributed by atoms with Gasteiger partial charge in [-0.15, -0.1) is 11.3 Å². The smallest absolute Gasteiger partial charge is 0.321 e. The van der Waals surface area contributed by atoms with Crippen LogP contribution in [0.1, 0.15) is 11.0 Å². The summed E-state index contributed by atoms with van der Waals surface area (Å²) in [5, 5.41) is 13.2. The highest BCUT2D eigenvalue weighted by Crippen LogP contribution is 2.30. The molecule has 0 spiro atoms. The van der Waals surface area contributed by atoms with Crippen molar-refractivity contribution in [1.29, 1.82) is 0 Å². The van der Waals surface area contributed by atoms with Crippen LogP contribution in [0.5, 0.6) is 0 Å². The van der Waals surface area contributed by atoms with Crippen molar-refractivity contribution in [3.8, 4) is 0 Å². The summed E-state index contributed by atoms with van der Waals surface area (Å²) < 4.78 is 1.15.